The second-order valence-electron chi connectivity index (χ2n) is 12.6. The number of Topliss-reactive ketones (excluding diaryl/α,β-unsaturated/α-hetero) is 3. The number of ketones is 3. The lowest BCUT2D eigenvalue weighted by molar-refractivity contribution is -0.142. The standard InChI is InChI=1S/C31H41ClN4O5S/c1-6-7-20(27(39)25(38)12-19-8-9-19)13-24(37)23-14-22(41-26-11-10-21(32)15-33-26)16-36(23)29(40)28(31(3,4)5)35-30-34-18(2)17-42-30/h10-11,15,17,19-20,22-23,28H,6-9,12-14,16H2,1-5H3,(H,34,35)/t20-,22-,23+,28-/m1/s1. The maximum absolute atomic E-state index is 14.2. The van der Waals surface area contributed by atoms with E-state index in [4.69, 9.17) is 16.3 Å². The lowest BCUT2D eigenvalue weighted by atomic mass is 9.85. The van der Waals surface area contributed by atoms with Crippen molar-refractivity contribution in [2.45, 2.75) is 97.8 Å². The molecule has 0 aromatic carbocycles. The molecule has 2 aromatic rings. The second kappa shape index (κ2) is 13.6. The number of rotatable bonds is 14. The van der Waals surface area contributed by atoms with Crippen LogP contribution in [0.4, 0.5) is 5.13 Å². The van der Waals surface area contributed by atoms with Crippen LogP contribution < -0.4 is 10.1 Å². The Morgan fingerprint density at radius 1 is 1.21 bits per heavy atom. The summed E-state index contributed by atoms with van der Waals surface area (Å²) >= 11 is 7.40. The molecule has 0 unspecified atom stereocenters. The zero-order valence-electron chi connectivity index (χ0n) is 25.0. The van der Waals surface area contributed by atoms with Crippen LogP contribution in [0.15, 0.2) is 23.7 Å². The third-order valence-electron chi connectivity index (χ3n) is 7.81. The highest BCUT2D eigenvalue weighted by molar-refractivity contribution is 7.13. The molecule has 2 aromatic heterocycles. The summed E-state index contributed by atoms with van der Waals surface area (Å²) in [6, 6.07) is 1.85. The molecule has 9 nitrogen and oxygen atoms in total. The number of likely N-dealkylation sites (tertiary alicyclic amines) is 1. The number of hydrogen-bond acceptors (Lipinski definition) is 9. The predicted octanol–water partition coefficient (Wildman–Crippen LogP) is 5.69. The van der Waals surface area contributed by atoms with E-state index in [2.05, 4.69) is 15.3 Å². The number of halogens is 1. The summed E-state index contributed by atoms with van der Waals surface area (Å²) < 4.78 is 6.10. The second-order valence-corrected chi connectivity index (χ2v) is 13.9. The van der Waals surface area contributed by atoms with Gasteiger partial charge < -0.3 is 15.0 Å². The van der Waals surface area contributed by atoms with Crippen molar-refractivity contribution in [3.63, 3.8) is 0 Å². The third-order valence-corrected chi connectivity index (χ3v) is 8.92. The van der Waals surface area contributed by atoms with Gasteiger partial charge >= 0.3 is 0 Å². The van der Waals surface area contributed by atoms with Crippen molar-refractivity contribution in [1.29, 1.82) is 0 Å². The fourth-order valence-corrected chi connectivity index (χ4v) is 6.19. The van der Waals surface area contributed by atoms with Gasteiger partial charge in [-0.2, -0.15) is 0 Å². The maximum Gasteiger partial charge on any atom is 0.246 e. The Morgan fingerprint density at radius 3 is 2.52 bits per heavy atom. The highest BCUT2D eigenvalue weighted by Crippen LogP contribution is 2.34. The number of aryl methyl sites for hydroxylation is 1. The largest absolute Gasteiger partial charge is 0.472 e. The summed E-state index contributed by atoms with van der Waals surface area (Å²) in [5.74, 6) is -1.36. The van der Waals surface area contributed by atoms with E-state index in [1.807, 2.05) is 40.0 Å². The van der Waals surface area contributed by atoms with Crippen molar-refractivity contribution in [3.05, 3.63) is 34.4 Å². The van der Waals surface area contributed by atoms with Gasteiger partial charge in [0, 0.05) is 42.8 Å². The smallest absolute Gasteiger partial charge is 0.246 e. The van der Waals surface area contributed by atoms with Gasteiger partial charge in [-0.15, -0.1) is 11.3 Å². The summed E-state index contributed by atoms with van der Waals surface area (Å²) in [4.78, 5) is 64.2. The number of ether oxygens (including phenoxy) is 1. The molecule has 1 N–H and O–H groups in total. The topological polar surface area (TPSA) is 119 Å². The monoisotopic (exact) mass is 616 g/mol. The van der Waals surface area contributed by atoms with Crippen molar-refractivity contribution in [2.75, 3.05) is 11.9 Å². The van der Waals surface area contributed by atoms with Gasteiger partial charge in [0.1, 0.15) is 12.1 Å². The van der Waals surface area contributed by atoms with Crippen LogP contribution in [0.2, 0.25) is 5.02 Å². The average Bonchev–Trinajstić information content (AvgIpc) is 3.48. The van der Waals surface area contributed by atoms with E-state index in [1.165, 1.54) is 17.5 Å². The van der Waals surface area contributed by atoms with Gasteiger partial charge in [0.25, 0.3) is 0 Å². The Hall–Kier alpha value is -2.85. The van der Waals surface area contributed by atoms with Crippen molar-refractivity contribution in [3.8, 4) is 5.88 Å². The Morgan fingerprint density at radius 2 is 1.95 bits per heavy atom. The van der Waals surface area contributed by atoms with Gasteiger partial charge in [0.2, 0.25) is 17.6 Å². The molecule has 11 heteroatoms. The average molecular weight is 617 g/mol. The minimum atomic E-state index is -0.801. The van der Waals surface area contributed by atoms with Gasteiger partial charge in [0.05, 0.1) is 23.3 Å². The van der Waals surface area contributed by atoms with Crippen LogP contribution in [0.3, 0.4) is 0 Å². The summed E-state index contributed by atoms with van der Waals surface area (Å²) in [6.07, 6.45) is 4.50. The quantitative estimate of drug-likeness (QED) is 0.269. The highest BCUT2D eigenvalue weighted by Gasteiger charge is 2.46. The summed E-state index contributed by atoms with van der Waals surface area (Å²) in [7, 11) is 0. The number of aromatic nitrogens is 2. The number of hydrogen-bond donors (Lipinski definition) is 1. The van der Waals surface area contributed by atoms with Gasteiger partial charge in [-0.05, 0) is 43.6 Å². The molecule has 2 aliphatic rings. The Balaban J connectivity index is 1.57. The number of thiazole rings is 1. The fourth-order valence-electron chi connectivity index (χ4n) is 5.36. The lowest BCUT2D eigenvalue weighted by Gasteiger charge is -2.35. The van der Waals surface area contributed by atoms with E-state index in [-0.39, 0.29) is 43.3 Å². The van der Waals surface area contributed by atoms with Crippen molar-refractivity contribution in [1.82, 2.24) is 14.9 Å². The molecule has 0 bridgehead atoms. The van der Waals surface area contributed by atoms with Crippen LogP contribution in [0, 0.1) is 24.2 Å². The number of nitrogens with zero attached hydrogens (tertiary/aromatic N) is 3. The maximum atomic E-state index is 14.2. The molecule has 228 valence electrons. The molecule has 3 heterocycles. The third kappa shape index (κ3) is 8.37. The lowest BCUT2D eigenvalue weighted by Crippen LogP contribution is -2.53. The molecule has 1 saturated heterocycles. The van der Waals surface area contributed by atoms with Crippen LogP contribution in [0.5, 0.6) is 5.88 Å². The Kier molecular flexibility index (Phi) is 10.4. The van der Waals surface area contributed by atoms with Crippen molar-refractivity contribution >= 4 is 51.3 Å². The zero-order valence-corrected chi connectivity index (χ0v) is 26.6. The molecule has 0 radical (unpaired) electrons. The van der Waals surface area contributed by atoms with Crippen molar-refractivity contribution < 1.29 is 23.9 Å². The predicted molar refractivity (Wildman–Crippen MR) is 163 cm³/mol. The number of carbonyl (C=O) groups is 4. The SMILES string of the molecule is CCC[C@H](CC(=O)[C@@H]1C[C@@H](Oc2ccc(Cl)cn2)CN1C(=O)[C@@H](Nc1nc(C)cs1)C(C)(C)C)C(=O)C(=O)CC1CC1. The van der Waals surface area contributed by atoms with Crippen LogP contribution >= 0.6 is 22.9 Å². The molecule has 4 atom stereocenters. The number of amides is 1. The highest BCUT2D eigenvalue weighted by atomic mass is 35.5. The molecule has 1 saturated carbocycles. The first kappa shape index (κ1) is 32.1. The first-order chi connectivity index (χ1) is 19.8. The molecule has 2 fully saturated rings. The van der Waals surface area contributed by atoms with E-state index in [0.717, 1.165) is 18.5 Å². The number of carbonyl (C=O) groups excluding carboxylic acids is 4. The molecular weight excluding hydrogens is 576 g/mol. The number of nitrogens with one attached hydrogen (secondary N) is 1. The van der Waals surface area contributed by atoms with Gasteiger partial charge in [-0.1, -0.05) is 45.7 Å². The first-order valence-electron chi connectivity index (χ1n) is 14.7. The van der Waals surface area contributed by atoms with Crippen LogP contribution in [-0.4, -0.2) is 62.9 Å². The molecular formula is C31H41ClN4O5S. The van der Waals surface area contributed by atoms with Gasteiger partial charge in [0.15, 0.2) is 16.7 Å². The number of pyridine rings is 1. The van der Waals surface area contributed by atoms with E-state index < -0.39 is 35.3 Å². The summed E-state index contributed by atoms with van der Waals surface area (Å²) in [6.45, 7) is 9.89. The Labute approximate surface area is 256 Å². The molecule has 1 aliphatic carbocycles. The normalized spacial score (nSPS) is 20.2. The zero-order chi connectivity index (χ0) is 30.6. The van der Waals surface area contributed by atoms with E-state index in [0.29, 0.717) is 34.8 Å². The molecule has 1 aliphatic heterocycles. The van der Waals surface area contributed by atoms with E-state index in [1.54, 1.807) is 17.0 Å². The molecule has 0 spiro atoms. The van der Waals surface area contributed by atoms with Crippen LogP contribution in [-0.2, 0) is 19.2 Å². The van der Waals surface area contributed by atoms with E-state index >= 15 is 0 Å². The fraction of sp³-hybridized carbons (Fsp3) is 0.613. The van der Waals surface area contributed by atoms with Crippen LogP contribution in [0.25, 0.3) is 0 Å². The van der Waals surface area contributed by atoms with Gasteiger partial charge in [-0.3, -0.25) is 19.2 Å². The molecule has 1 amide bonds. The molecule has 42 heavy (non-hydrogen) atoms. The van der Waals surface area contributed by atoms with E-state index in [9.17, 15) is 19.2 Å². The Bertz CT molecular complexity index is 1290. The minimum absolute atomic E-state index is 0.0806. The minimum Gasteiger partial charge on any atom is -0.472 e. The molecule has 4 rings (SSSR count). The van der Waals surface area contributed by atoms with Gasteiger partial charge in [-0.25, -0.2) is 9.97 Å². The van der Waals surface area contributed by atoms with Crippen LogP contribution in [0.1, 0.15) is 78.3 Å². The summed E-state index contributed by atoms with van der Waals surface area (Å²) in [5, 5.41) is 6.31. The summed E-state index contributed by atoms with van der Waals surface area (Å²) in [5.41, 5.74) is 0.347. The first-order valence-corrected chi connectivity index (χ1v) is 16.0. The van der Waals surface area contributed by atoms with Crippen molar-refractivity contribution in [2.24, 2.45) is 17.3 Å². The number of anilines is 1.